The van der Waals surface area contributed by atoms with Gasteiger partial charge in [-0.3, -0.25) is 4.79 Å². The lowest BCUT2D eigenvalue weighted by Crippen LogP contribution is -2.34. The maximum atomic E-state index is 11.9. The SMILES string of the molecule is COC(=O)C1=C(O)C(Cc2ccccc2)N(C)C1=O. The molecule has 0 spiro atoms. The van der Waals surface area contributed by atoms with Crippen LogP contribution in [0.1, 0.15) is 5.56 Å². The molecule has 1 aromatic carbocycles. The van der Waals surface area contributed by atoms with Gasteiger partial charge in [-0.25, -0.2) is 4.79 Å². The van der Waals surface area contributed by atoms with Gasteiger partial charge in [0.15, 0.2) is 5.57 Å². The molecule has 0 aliphatic carbocycles. The Bertz CT molecular complexity index is 536. The monoisotopic (exact) mass is 261 g/mol. The molecule has 1 aromatic rings. The topological polar surface area (TPSA) is 66.8 Å². The predicted octanol–water partition coefficient (Wildman–Crippen LogP) is 1.05. The number of hydrogen-bond donors (Lipinski definition) is 1. The molecule has 5 heteroatoms. The molecule has 1 aliphatic heterocycles. The number of likely N-dealkylation sites (N-methyl/N-ethyl adjacent to an activating group) is 1. The quantitative estimate of drug-likeness (QED) is 0.652. The van der Waals surface area contributed by atoms with E-state index in [-0.39, 0.29) is 11.3 Å². The summed E-state index contributed by atoms with van der Waals surface area (Å²) in [5.74, 6) is -1.53. The highest BCUT2D eigenvalue weighted by Gasteiger charge is 2.41. The second-order valence-corrected chi connectivity index (χ2v) is 4.37. The number of esters is 1. The Balaban J connectivity index is 2.29. The minimum atomic E-state index is -0.801. The van der Waals surface area contributed by atoms with Gasteiger partial charge >= 0.3 is 5.97 Å². The summed E-state index contributed by atoms with van der Waals surface area (Å²) < 4.78 is 4.52. The standard InChI is InChI=1S/C14H15NO4/c1-15-10(8-9-6-4-3-5-7-9)12(16)11(13(15)17)14(18)19-2/h3-7,10,16H,8H2,1-2H3. The van der Waals surface area contributed by atoms with Gasteiger partial charge in [-0.2, -0.15) is 0 Å². The van der Waals surface area contributed by atoms with E-state index in [9.17, 15) is 14.7 Å². The van der Waals surface area contributed by atoms with Gasteiger partial charge in [-0.15, -0.1) is 0 Å². The van der Waals surface area contributed by atoms with Crippen molar-refractivity contribution < 1.29 is 19.4 Å². The van der Waals surface area contributed by atoms with Crippen LogP contribution in [-0.2, 0) is 20.7 Å². The lowest BCUT2D eigenvalue weighted by atomic mass is 10.0. The van der Waals surface area contributed by atoms with Crippen molar-refractivity contribution in [3.8, 4) is 0 Å². The molecule has 1 atom stereocenters. The molecule has 1 amide bonds. The van der Waals surface area contributed by atoms with Crippen LogP contribution in [0.5, 0.6) is 0 Å². The van der Waals surface area contributed by atoms with E-state index in [4.69, 9.17) is 0 Å². The van der Waals surface area contributed by atoms with Crippen LogP contribution in [0.15, 0.2) is 41.7 Å². The Morgan fingerprint density at radius 3 is 2.58 bits per heavy atom. The fourth-order valence-corrected chi connectivity index (χ4v) is 2.14. The van der Waals surface area contributed by atoms with Crippen molar-refractivity contribution in [2.45, 2.75) is 12.5 Å². The minimum Gasteiger partial charge on any atom is -0.509 e. The minimum absolute atomic E-state index is 0.219. The van der Waals surface area contributed by atoms with Gasteiger partial charge in [0.2, 0.25) is 0 Å². The first-order valence-electron chi connectivity index (χ1n) is 5.88. The Morgan fingerprint density at radius 2 is 2.00 bits per heavy atom. The van der Waals surface area contributed by atoms with E-state index in [1.54, 1.807) is 7.05 Å². The van der Waals surface area contributed by atoms with E-state index in [1.165, 1.54) is 12.0 Å². The third kappa shape index (κ3) is 2.31. The largest absolute Gasteiger partial charge is 0.509 e. The maximum Gasteiger partial charge on any atom is 0.347 e. The Kier molecular flexibility index (Phi) is 3.55. The molecule has 0 saturated heterocycles. The zero-order valence-corrected chi connectivity index (χ0v) is 10.8. The van der Waals surface area contributed by atoms with Gasteiger partial charge in [-0.05, 0) is 5.56 Å². The van der Waals surface area contributed by atoms with Crippen LogP contribution in [0.2, 0.25) is 0 Å². The first-order chi connectivity index (χ1) is 9.06. The maximum absolute atomic E-state index is 11.9. The average Bonchev–Trinajstić information content (AvgIpc) is 2.63. The number of ether oxygens (including phenoxy) is 1. The highest BCUT2D eigenvalue weighted by molar-refractivity contribution is 6.18. The molecule has 1 unspecified atom stereocenters. The summed E-state index contributed by atoms with van der Waals surface area (Å²) in [5, 5.41) is 10.1. The fourth-order valence-electron chi connectivity index (χ4n) is 2.14. The number of carbonyl (C=O) groups excluding carboxylic acids is 2. The Labute approximate surface area is 111 Å². The lowest BCUT2D eigenvalue weighted by molar-refractivity contribution is -0.139. The summed E-state index contributed by atoms with van der Waals surface area (Å²) >= 11 is 0. The molecule has 100 valence electrons. The molecule has 1 N–H and O–H groups in total. The van der Waals surface area contributed by atoms with Gasteiger partial charge in [0.1, 0.15) is 5.76 Å². The third-order valence-corrected chi connectivity index (χ3v) is 3.23. The molecule has 19 heavy (non-hydrogen) atoms. The number of benzene rings is 1. The van der Waals surface area contributed by atoms with Crippen LogP contribution >= 0.6 is 0 Å². The highest BCUT2D eigenvalue weighted by atomic mass is 16.5. The molecule has 0 bridgehead atoms. The van der Waals surface area contributed by atoms with Gasteiger partial charge in [0, 0.05) is 13.5 Å². The molecular formula is C14H15NO4. The van der Waals surface area contributed by atoms with E-state index in [2.05, 4.69) is 4.74 Å². The Morgan fingerprint density at radius 1 is 1.37 bits per heavy atom. The van der Waals surface area contributed by atoms with Crippen LogP contribution in [-0.4, -0.2) is 42.1 Å². The Hall–Kier alpha value is -2.30. The smallest absolute Gasteiger partial charge is 0.347 e. The first-order valence-corrected chi connectivity index (χ1v) is 5.88. The average molecular weight is 261 g/mol. The van der Waals surface area contributed by atoms with E-state index < -0.39 is 17.9 Å². The fraction of sp³-hybridized carbons (Fsp3) is 0.286. The second kappa shape index (κ2) is 5.14. The van der Waals surface area contributed by atoms with Crippen molar-refractivity contribution in [3.05, 3.63) is 47.2 Å². The van der Waals surface area contributed by atoms with Gasteiger partial charge in [-0.1, -0.05) is 30.3 Å². The van der Waals surface area contributed by atoms with E-state index in [0.29, 0.717) is 6.42 Å². The molecule has 2 rings (SSSR count). The van der Waals surface area contributed by atoms with E-state index >= 15 is 0 Å². The summed E-state index contributed by atoms with van der Waals surface area (Å²) in [6.07, 6.45) is 0.454. The molecular weight excluding hydrogens is 246 g/mol. The van der Waals surface area contributed by atoms with Crippen LogP contribution in [0.4, 0.5) is 0 Å². The molecule has 1 heterocycles. The number of aliphatic hydroxyl groups is 1. The van der Waals surface area contributed by atoms with E-state index in [0.717, 1.165) is 5.56 Å². The van der Waals surface area contributed by atoms with Crippen LogP contribution in [0.3, 0.4) is 0 Å². The van der Waals surface area contributed by atoms with Crippen molar-refractivity contribution in [3.63, 3.8) is 0 Å². The molecule has 1 aliphatic rings. The second-order valence-electron chi connectivity index (χ2n) is 4.37. The molecule has 0 aromatic heterocycles. The number of hydrogen-bond acceptors (Lipinski definition) is 4. The summed E-state index contributed by atoms with van der Waals surface area (Å²) in [6, 6.07) is 8.94. The summed E-state index contributed by atoms with van der Waals surface area (Å²) in [4.78, 5) is 24.8. The number of nitrogens with zero attached hydrogens (tertiary/aromatic N) is 1. The van der Waals surface area contributed by atoms with Crippen molar-refractivity contribution in [1.82, 2.24) is 4.90 Å². The van der Waals surface area contributed by atoms with Crippen LogP contribution < -0.4 is 0 Å². The number of rotatable bonds is 3. The summed E-state index contributed by atoms with van der Waals surface area (Å²) in [7, 11) is 2.74. The van der Waals surface area contributed by atoms with Crippen molar-refractivity contribution in [1.29, 1.82) is 0 Å². The van der Waals surface area contributed by atoms with Crippen LogP contribution in [0.25, 0.3) is 0 Å². The third-order valence-electron chi connectivity index (χ3n) is 3.23. The first kappa shape index (κ1) is 13.1. The van der Waals surface area contributed by atoms with Gasteiger partial charge in [0.25, 0.3) is 5.91 Å². The van der Waals surface area contributed by atoms with Crippen LogP contribution in [0, 0.1) is 0 Å². The highest BCUT2D eigenvalue weighted by Crippen LogP contribution is 2.26. The predicted molar refractivity (Wildman–Crippen MR) is 68.4 cm³/mol. The number of carbonyl (C=O) groups is 2. The van der Waals surface area contributed by atoms with E-state index in [1.807, 2.05) is 30.3 Å². The number of amides is 1. The van der Waals surface area contributed by atoms with Crippen molar-refractivity contribution in [2.75, 3.05) is 14.2 Å². The lowest BCUT2D eigenvalue weighted by Gasteiger charge is -2.20. The van der Waals surface area contributed by atoms with Gasteiger partial charge < -0.3 is 14.7 Å². The van der Waals surface area contributed by atoms with Crippen molar-refractivity contribution >= 4 is 11.9 Å². The molecule has 0 saturated carbocycles. The van der Waals surface area contributed by atoms with Crippen molar-refractivity contribution in [2.24, 2.45) is 0 Å². The number of methoxy groups -OCH3 is 1. The molecule has 0 radical (unpaired) electrons. The molecule has 0 fully saturated rings. The zero-order valence-electron chi connectivity index (χ0n) is 10.8. The zero-order chi connectivity index (χ0) is 14.0. The summed E-state index contributed by atoms with van der Waals surface area (Å²) in [5.41, 5.74) is 0.704. The summed E-state index contributed by atoms with van der Waals surface area (Å²) in [6.45, 7) is 0. The molecule has 5 nitrogen and oxygen atoms in total. The normalized spacial score (nSPS) is 18.9. The van der Waals surface area contributed by atoms with Gasteiger partial charge in [0.05, 0.1) is 13.2 Å². The number of aliphatic hydroxyl groups excluding tert-OH is 1.